The maximum Gasteiger partial charge on any atom is 0.293 e. The molecule has 1 N–H and O–H groups in total. The number of nitrogens with zero attached hydrogens (tertiary/aromatic N) is 3. The normalized spacial score (nSPS) is 10.2. The Bertz CT molecular complexity index is 702. The molecule has 1 aromatic heterocycles. The summed E-state index contributed by atoms with van der Waals surface area (Å²) < 4.78 is 0. The number of pyridine rings is 1. The van der Waals surface area contributed by atoms with Crippen LogP contribution in [-0.2, 0) is 6.42 Å². The van der Waals surface area contributed by atoms with Gasteiger partial charge in [0.05, 0.1) is 4.92 Å². The fraction of sp³-hybridized carbons (Fsp3) is 0.250. The summed E-state index contributed by atoms with van der Waals surface area (Å²) in [6, 6.07) is 8.22. The predicted octanol–water partition coefficient (Wildman–Crippen LogP) is 2.03. The summed E-state index contributed by atoms with van der Waals surface area (Å²) in [5.74, 6) is -0.331. The summed E-state index contributed by atoms with van der Waals surface area (Å²) in [6.07, 6.45) is 4.08. The first-order valence-corrected chi connectivity index (χ1v) is 7.12. The van der Waals surface area contributed by atoms with Crippen molar-refractivity contribution in [3.05, 3.63) is 64.0 Å². The molecule has 0 saturated carbocycles. The molecule has 0 bridgehead atoms. The Balaban J connectivity index is 2.04. The van der Waals surface area contributed by atoms with Crippen LogP contribution in [0.15, 0.2) is 42.7 Å². The van der Waals surface area contributed by atoms with Gasteiger partial charge in [-0.1, -0.05) is 6.07 Å². The number of aromatic nitrogens is 1. The fourth-order valence-electron chi connectivity index (χ4n) is 2.16. The van der Waals surface area contributed by atoms with E-state index in [1.807, 2.05) is 12.1 Å². The number of nitro benzene ring substituents is 1. The monoisotopic (exact) mass is 314 g/mol. The van der Waals surface area contributed by atoms with Crippen LogP contribution in [0, 0.1) is 10.1 Å². The van der Waals surface area contributed by atoms with Crippen LogP contribution in [0.4, 0.5) is 11.4 Å². The van der Waals surface area contributed by atoms with Gasteiger partial charge in [0.1, 0.15) is 5.69 Å². The van der Waals surface area contributed by atoms with E-state index in [0.717, 1.165) is 5.56 Å². The lowest BCUT2D eigenvalue weighted by Crippen LogP contribution is -2.26. The van der Waals surface area contributed by atoms with Gasteiger partial charge in [0.2, 0.25) is 0 Å². The number of amides is 1. The first-order valence-electron chi connectivity index (χ1n) is 7.12. The molecule has 0 unspecified atom stereocenters. The van der Waals surface area contributed by atoms with E-state index in [1.54, 1.807) is 43.5 Å². The van der Waals surface area contributed by atoms with E-state index >= 15 is 0 Å². The summed E-state index contributed by atoms with van der Waals surface area (Å²) >= 11 is 0. The molecule has 0 radical (unpaired) electrons. The van der Waals surface area contributed by atoms with Crippen LogP contribution in [0.3, 0.4) is 0 Å². The van der Waals surface area contributed by atoms with Crippen LogP contribution < -0.4 is 10.2 Å². The minimum atomic E-state index is -0.484. The quantitative estimate of drug-likeness (QED) is 0.651. The summed E-state index contributed by atoms with van der Waals surface area (Å²) in [4.78, 5) is 28.4. The topological polar surface area (TPSA) is 88.4 Å². The molecule has 23 heavy (non-hydrogen) atoms. The second-order valence-corrected chi connectivity index (χ2v) is 5.22. The van der Waals surface area contributed by atoms with Crippen molar-refractivity contribution >= 4 is 17.3 Å². The molecule has 0 aliphatic heterocycles. The first kappa shape index (κ1) is 16.4. The van der Waals surface area contributed by atoms with Crippen molar-refractivity contribution in [3.8, 4) is 0 Å². The Morgan fingerprint density at radius 1 is 1.35 bits per heavy atom. The average Bonchev–Trinajstić information content (AvgIpc) is 2.55. The molecular formula is C16H18N4O3. The summed E-state index contributed by atoms with van der Waals surface area (Å²) in [6.45, 7) is 0.438. The maximum absolute atomic E-state index is 12.1. The Kier molecular flexibility index (Phi) is 5.24. The number of carbonyl (C=O) groups is 1. The molecule has 0 aliphatic rings. The number of anilines is 1. The number of benzene rings is 1. The van der Waals surface area contributed by atoms with E-state index in [0.29, 0.717) is 18.7 Å². The Morgan fingerprint density at radius 3 is 2.74 bits per heavy atom. The van der Waals surface area contributed by atoms with Crippen molar-refractivity contribution in [3.63, 3.8) is 0 Å². The number of nitrogens with one attached hydrogen (secondary N) is 1. The van der Waals surface area contributed by atoms with Crippen LogP contribution in [0.1, 0.15) is 15.9 Å². The number of carbonyl (C=O) groups excluding carboxylic acids is 1. The Morgan fingerprint density at radius 2 is 2.13 bits per heavy atom. The third-order valence-corrected chi connectivity index (χ3v) is 3.34. The molecule has 1 aromatic carbocycles. The number of hydrogen-bond acceptors (Lipinski definition) is 5. The highest BCUT2D eigenvalue weighted by Gasteiger charge is 2.18. The van der Waals surface area contributed by atoms with Gasteiger partial charge < -0.3 is 10.2 Å². The molecule has 1 amide bonds. The van der Waals surface area contributed by atoms with E-state index in [-0.39, 0.29) is 17.2 Å². The van der Waals surface area contributed by atoms with Gasteiger partial charge in [0, 0.05) is 44.7 Å². The lowest BCUT2D eigenvalue weighted by atomic mass is 10.1. The second-order valence-electron chi connectivity index (χ2n) is 5.22. The van der Waals surface area contributed by atoms with E-state index in [4.69, 9.17) is 0 Å². The molecule has 0 aliphatic carbocycles. The smallest absolute Gasteiger partial charge is 0.293 e. The minimum Gasteiger partial charge on any atom is -0.372 e. The molecule has 1 heterocycles. The van der Waals surface area contributed by atoms with Crippen LogP contribution in [0.25, 0.3) is 0 Å². The zero-order valence-corrected chi connectivity index (χ0v) is 13.0. The van der Waals surface area contributed by atoms with Crippen LogP contribution in [0.5, 0.6) is 0 Å². The fourth-order valence-corrected chi connectivity index (χ4v) is 2.16. The number of rotatable bonds is 6. The van der Waals surface area contributed by atoms with Gasteiger partial charge in [-0.2, -0.15) is 0 Å². The van der Waals surface area contributed by atoms with Crippen LogP contribution in [-0.4, -0.2) is 36.5 Å². The zero-order valence-electron chi connectivity index (χ0n) is 13.0. The Hall–Kier alpha value is -2.96. The van der Waals surface area contributed by atoms with Gasteiger partial charge in [-0.15, -0.1) is 0 Å². The molecule has 0 saturated heterocycles. The third-order valence-electron chi connectivity index (χ3n) is 3.34. The molecule has 7 heteroatoms. The van der Waals surface area contributed by atoms with Gasteiger partial charge in [0.25, 0.3) is 11.6 Å². The van der Waals surface area contributed by atoms with E-state index in [1.165, 1.54) is 6.07 Å². The summed E-state index contributed by atoms with van der Waals surface area (Å²) in [5, 5.41) is 13.9. The zero-order chi connectivity index (χ0) is 16.8. The van der Waals surface area contributed by atoms with E-state index in [9.17, 15) is 14.9 Å². The average molecular weight is 314 g/mol. The van der Waals surface area contributed by atoms with Crippen molar-refractivity contribution in [2.24, 2.45) is 0 Å². The summed E-state index contributed by atoms with van der Waals surface area (Å²) in [5.41, 5.74) is 1.66. The van der Waals surface area contributed by atoms with Gasteiger partial charge >= 0.3 is 0 Å². The van der Waals surface area contributed by atoms with Crippen molar-refractivity contribution < 1.29 is 9.72 Å². The van der Waals surface area contributed by atoms with Crippen molar-refractivity contribution in [1.29, 1.82) is 0 Å². The van der Waals surface area contributed by atoms with Crippen molar-refractivity contribution in [1.82, 2.24) is 10.3 Å². The second kappa shape index (κ2) is 7.35. The van der Waals surface area contributed by atoms with Gasteiger partial charge in [-0.25, -0.2) is 0 Å². The van der Waals surface area contributed by atoms with Gasteiger partial charge in [-0.05, 0) is 30.2 Å². The molecule has 120 valence electrons. The number of hydrogen-bond donors (Lipinski definition) is 1. The van der Waals surface area contributed by atoms with Crippen LogP contribution in [0.2, 0.25) is 0 Å². The highest BCUT2D eigenvalue weighted by atomic mass is 16.6. The molecule has 2 rings (SSSR count). The molecule has 7 nitrogen and oxygen atoms in total. The maximum atomic E-state index is 12.1. The molecule has 0 fully saturated rings. The van der Waals surface area contributed by atoms with E-state index in [2.05, 4.69) is 10.3 Å². The third kappa shape index (κ3) is 4.26. The van der Waals surface area contributed by atoms with Crippen molar-refractivity contribution in [2.75, 3.05) is 25.5 Å². The Labute approximate surface area is 134 Å². The molecule has 0 spiro atoms. The van der Waals surface area contributed by atoms with E-state index < -0.39 is 4.92 Å². The van der Waals surface area contributed by atoms with Gasteiger partial charge in [-0.3, -0.25) is 19.9 Å². The predicted molar refractivity (Wildman–Crippen MR) is 87.7 cm³/mol. The highest BCUT2D eigenvalue weighted by Crippen LogP contribution is 2.27. The highest BCUT2D eigenvalue weighted by molar-refractivity contribution is 5.95. The number of nitro groups is 1. The lowest BCUT2D eigenvalue weighted by molar-refractivity contribution is -0.384. The van der Waals surface area contributed by atoms with Gasteiger partial charge in [0.15, 0.2) is 0 Å². The van der Waals surface area contributed by atoms with Crippen LogP contribution >= 0.6 is 0 Å². The molecule has 0 atom stereocenters. The minimum absolute atomic E-state index is 0.0880. The standard InChI is InChI=1S/C16H18N4O3/c1-19(2)14-6-5-13(10-15(14)20(22)23)16(21)18-9-7-12-4-3-8-17-11-12/h3-6,8,10-11H,7,9H2,1-2H3,(H,18,21). The van der Waals surface area contributed by atoms with Crippen molar-refractivity contribution in [2.45, 2.75) is 6.42 Å². The lowest BCUT2D eigenvalue weighted by Gasteiger charge is -2.13. The SMILES string of the molecule is CN(C)c1ccc(C(=O)NCCc2cccnc2)cc1[N+](=O)[O-]. The first-order chi connectivity index (χ1) is 11.0. The molecular weight excluding hydrogens is 296 g/mol. The summed E-state index contributed by atoms with van der Waals surface area (Å²) in [7, 11) is 3.44. The molecule has 2 aromatic rings. The largest absolute Gasteiger partial charge is 0.372 e.